The van der Waals surface area contributed by atoms with Crippen molar-refractivity contribution in [2.75, 3.05) is 13.2 Å². The Kier molecular flexibility index (Phi) is 47.2. The second-order valence-corrected chi connectivity index (χ2v) is 17.5. The Hall–Kier alpha value is -1.92. The highest BCUT2D eigenvalue weighted by Crippen LogP contribution is 2.15. The molecule has 0 fully saturated rings. The fraction of sp³-hybridized carbons (Fsp3) is 0.849. The van der Waals surface area contributed by atoms with Crippen LogP contribution in [0.3, 0.4) is 0 Å². The standard InChI is InChI=1S/C53H99NO5/c1-3-5-7-9-11-13-15-17-18-19-20-22-27-31-35-39-43-47-53(58)59-48-44-40-36-32-28-24-23-26-30-34-38-42-46-52(57)54-50(49-55)51(56)45-41-37-33-29-25-21-16-14-12-10-8-6-4-2/h11,13,17-18,41,45,50-51,55-56H,3-10,12,14-16,19-40,42-44,46-49H2,1-2H3,(H,54,57)/b13-11-,18-17-,45-41+. The van der Waals surface area contributed by atoms with Crippen molar-refractivity contribution in [1.29, 1.82) is 0 Å². The number of unbranched alkanes of at least 4 members (excludes halogenated alkanes) is 32. The first kappa shape index (κ1) is 57.1. The molecule has 0 radical (unpaired) electrons. The van der Waals surface area contributed by atoms with Gasteiger partial charge in [-0.1, -0.05) is 224 Å². The van der Waals surface area contributed by atoms with E-state index in [9.17, 15) is 19.8 Å². The van der Waals surface area contributed by atoms with Crippen LogP contribution in [0.4, 0.5) is 0 Å². The van der Waals surface area contributed by atoms with E-state index in [1.165, 1.54) is 173 Å². The summed E-state index contributed by atoms with van der Waals surface area (Å²) >= 11 is 0. The van der Waals surface area contributed by atoms with E-state index in [4.69, 9.17) is 4.74 Å². The van der Waals surface area contributed by atoms with Crippen LogP contribution in [0, 0.1) is 0 Å². The normalized spacial score (nSPS) is 12.9. The van der Waals surface area contributed by atoms with Crippen molar-refractivity contribution in [3.8, 4) is 0 Å². The van der Waals surface area contributed by atoms with Crippen LogP contribution in [0.2, 0.25) is 0 Å². The molecule has 0 spiro atoms. The maximum atomic E-state index is 12.4. The first-order valence-corrected chi connectivity index (χ1v) is 25.8. The zero-order valence-corrected chi connectivity index (χ0v) is 39.2. The van der Waals surface area contributed by atoms with Crippen LogP contribution in [0.5, 0.6) is 0 Å². The average Bonchev–Trinajstić information content (AvgIpc) is 3.24. The van der Waals surface area contributed by atoms with Crippen LogP contribution in [-0.4, -0.2) is 47.4 Å². The number of carbonyl (C=O) groups is 2. The number of rotatable bonds is 47. The summed E-state index contributed by atoms with van der Waals surface area (Å²) in [5.74, 6) is -0.104. The number of hydrogen-bond donors (Lipinski definition) is 3. The Balaban J connectivity index is 3.49. The Labute approximate surface area is 366 Å². The van der Waals surface area contributed by atoms with E-state index in [1.807, 2.05) is 6.08 Å². The molecular formula is C53H99NO5. The van der Waals surface area contributed by atoms with E-state index in [0.717, 1.165) is 64.2 Å². The Morgan fingerprint density at radius 2 is 0.847 bits per heavy atom. The molecule has 0 aromatic carbocycles. The average molecular weight is 830 g/mol. The minimum atomic E-state index is -0.854. The quantitative estimate of drug-likeness (QED) is 0.0323. The van der Waals surface area contributed by atoms with Gasteiger partial charge in [0.2, 0.25) is 5.91 Å². The van der Waals surface area contributed by atoms with Gasteiger partial charge in [-0.15, -0.1) is 0 Å². The largest absolute Gasteiger partial charge is 0.466 e. The van der Waals surface area contributed by atoms with Gasteiger partial charge in [-0.25, -0.2) is 0 Å². The molecule has 6 nitrogen and oxygen atoms in total. The fourth-order valence-corrected chi connectivity index (χ4v) is 7.66. The predicted molar refractivity (Wildman–Crippen MR) is 255 cm³/mol. The topological polar surface area (TPSA) is 95.9 Å². The van der Waals surface area contributed by atoms with Crippen molar-refractivity contribution in [2.24, 2.45) is 0 Å². The summed E-state index contributed by atoms with van der Waals surface area (Å²) in [5.41, 5.74) is 0. The van der Waals surface area contributed by atoms with Crippen molar-refractivity contribution in [2.45, 2.75) is 276 Å². The zero-order chi connectivity index (χ0) is 43.0. The second kappa shape index (κ2) is 48.7. The van der Waals surface area contributed by atoms with Crippen molar-refractivity contribution in [3.63, 3.8) is 0 Å². The third-order valence-electron chi connectivity index (χ3n) is 11.7. The van der Waals surface area contributed by atoms with Crippen LogP contribution in [0.25, 0.3) is 0 Å². The molecule has 0 bridgehead atoms. The van der Waals surface area contributed by atoms with Gasteiger partial charge in [0, 0.05) is 12.8 Å². The van der Waals surface area contributed by atoms with E-state index in [-0.39, 0.29) is 18.5 Å². The van der Waals surface area contributed by atoms with Gasteiger partial charge in [0.25, 0.3) is 0 Å². The Morgan fingerprint density at radius 3 is 1.32 bits per heavy atom. The van der Waals surface area contributed by atoms with E-state index >= 15 is 0 Å². The predicted octanol–water partition coefficient (Wildman–Crippen LogP) is 15.3. The molecule has 0 aliphatic heterocycles. The number of esters is 1. The molecule has 2 atom stereocenters. The third-order valence-corrected chi connectivity index (χ3v) is 11.7. The van der Waals surface area contributed by atoms with Crippen molar-refractivity contribution >= 4 is 11.9 Å². The summed E-state index contributed by atoms with van der Waals surface area (Å²) in [5, 5.41) is 23.0. The molecule has 3 N–H and O–H groups in total. The fourth-order valence-electron chi connectivity index (χ4n) is 7.66. The molecule has 0 aliphatic carbocycles. The highest BCUT2D eigenvalue weighted by Gasteiger charge is 2.18. The molecule has 0 aliphatic rings. The molecular weight excluding hydrogens is 731 g/mol. The van der Waals surface area contributed by atoms with Crippen molar-refractivity contribution in [3.05, 3.63) is 36.5 Å². The summed E-state index contributed by atoms with van der Waals surface area (Å²) in [6, 6.07) is -0.639. The Bertz CT molecular complexity index is 962. The molecule has 0 heterocycles. The Morgan fingerprint density at radius 1 is 0.475 bits per heavy atom. The first-order chi connectivity index (χ1) is 29.0. The lowest BCUT2D eigenvalue weighted by Gasteiger charge is -2.20. The molecule has 6 heteroatoms. The lowest BCUT2D eigenvalue weighted by molar-refractivity contribution is -0.143. The SMILES string of the molecule is CCCCC/C=C\C/C=C\CCCCCCCCCC(=O)OCCCCCCCCCCCCCCC(=O)NC(CO)C(O)/C=C/CCCCCCCCCCCCC. The number of amides is 1. The van der Waals surface area contributed by atoms with E-state index < -0.39 is 12.1 Å². The zero-order valence-electron chi connectivity index (χ0n) is 39.2. The van der Waals surface area contributed by atoms with Gasteiger partial charge in [-0.2, -0.15) is 0 Å². The van der Waals surface area contributed by atoms with Crippen LogP contribution >= 0.6 is 0 Å². The molecule has 0 aromatic rings. The van der Waals surface area contributed by atoms with E-state index in [2.05, 4.69) is 43.5 Å². The summed E-state index contributed by atoms with van der Waals surface area (Å²) < 4.78 is 5.46. The minimum absolute atomic E-state index is 0.0192. The molecule has 0 saturated carbocycles. The number of aliphatic hydroxyl groups excluding tert-OH is 2. The first-order valence-electron chi connectivity index (χ1n) is 25.8. The third kappa shape index (κ3) is 45.4. The monoisotopic (exact) mass is 830 g/mol. The van der Waals surface area contributed by atoms with E-state index in [1.54, 1.807) is 6.08 Å². The van der Waals surface area contributed by atoms with Crippen LogP contribution in [0.1, 0.15) is 264 Å². The van der Waals surface area contributed by atoms with Gasteiger partial charge in [0.1, 0.15) is 0 Å². The summed E-state index contributed by atoms with van der Waals surface area (Å²) in [6.07, 6.45) is 58.5. The van der Waals surface area contributed by atoms with Crippen molar-refractivity contribution in [1.82, 2.24) is 5.32 Å². The number of hydrogen-bond acceptors (Lipinski definition) is 5. The van der Waals surface area contributed by atoms with Crippen molar-refractivity contribution < 1.29 is 24.5 Å². The number of aliphatic hydroxyl groups is 2. The molecule has 0 saturated heterocycles. The van der Waals surface area contributed by atoms with Gasteiger partial charge in [0.15, 0.2) is 0 Å². The lowest BCUT2D eigenvalue weighted by atomic mass is 10.0. The highest BCUT2D eigenvalue weighted by atomic mass is 16.5. The van der Waals surface area contributed by atoms with Gasteiger partial charge in [-0.05, 0) is 64.2 Å². The summed E-state index contributed by atoms with van der Waals surface area (Å²) in [4.78, 5) is 24.5. The molecule has 346 valence electrons. The number of allylic oxidation sites excluding steroid dienone is 5. The maximum absolute atomic E-state index is 12.4. The summed E-state index contributed by atoms with van der Waals surface area (Å²) in [6.45, 7) is 4.83. The number of nitrogens with one attached hydrogen (secondary N) is 1. The molecule has 0 rings (SSSR count). The van der Waals surface area contributed by atoms with Gasteiger partial charge < -0.3 is 20.3 Å². The van der Waals surface area contributed by atoms with Gasteiger partial charge in [0.05, 0.1) is 25.4 Å². The smallest absolute Gasteiger partial charge is 0.305 e. The highest BCUT2D eigenvalue weighted by molar-refractivity contribution is 5.76. The molecule has 0 aromatic heterocycles. The molecule has 59 heavy (non-hydrogen) atoms. The number of carbonyl (C=O) groups excluding carboxylic acids is 2. The van der Waals surface area contributed by atoms with Crippen LogP contribution in [0.15, 0.2) is 36.5 Å². The second-order valence-electron chi connectivity index (χ2n) is 17.5. The van der Waals surface area contributed by atoms with Crippen LogP contribution < -0.4 is 5.32 Å². The summed E-state index contributed by atoms with van der Waals surface area (Å²) in [7, 11) is 0. The van der Waals surface area contributed by atoms with Gasteiger partial charge >= 0.3 is 5.97 Å². The minimum Gasteiger partial charge on any atom is -0.466 e. The molecule has 2 unspecified atom stereocenters. The van der Waals surface area contributed by atoms with Gasteiger partial charge in [-0.3, -0.25) is 9.59 Å². The molecule has 1 amide bonds. The number of ether oxygens (including phenoxy) is 1. The van der Waals surface area contributed by atoms with E-state index in [0.29, 0.717) is 19.4 Å². The maximum Gasteiger partial charge on any atom is 0.305 e. The lowest BCUT2D eigenvalue weighted by Crippen LogP contribution is -2.45. The van der Waals surface area contributed by atoms with Crippen LogP contribution in [-0.2, 0) is 14.3 Å².